The number of hydrogen-bond donors (Lipinski definition) is 0. The van der Waals surface area contributed by atoms with Crippen molar-refractivity contribution >= 4 is 0 Å². The summed E-state index contributed by atoms with van der Waals surface area (Å²) in [6, 6.07) is 0.800. The topological polar surface area (TPSA) is 6.48 Å². The third-order valence-electron chi connectivity index (χ3n) is 2.93. The lowest BCUT2D eigenvalue weighted by Crippen LogP contribution is -2.63. The Morgan fingerprint density at radius 1 is 1.33 bits per heavy atom. The van der Waals surface area contributed by atoms with Crippen molar-refractivity contribution in [1.82, 2.24) is 9.80 Å². The fraction of sp³-hybridized carbons (Fsp3) is 1.00. The molecule has 1 fully saturated rings. The summed E-state index contributed by atoms with van der Waals surface area (Å²) >= 11 is 0. The lowest BCUT2D eigenvalue weighted by atomic mass is 9.97. The lowest BCUT2D eigenvalue weighted by molar-refractivity contribution is -0.0108. The molecule has 0 N–H and O–H groups in total. The van der Waals surface area contributed by atoms with Crippen LogP contribution in [-0.2, 0) is 0 Å². The summed E-state index contributed by atoms with van der Waals surface area (Å²) in [5.74, 6) is 0. The first-order valence-corrected chi connectivity index (χ1v) is 4.90. The van der Waals surface area contributed by atoms with E-state index in [2.05, 4.69) is 44.5 Å². The number of likely N-dealkylation sites (tertiary alicyclic amines) is 1. The molecular formula is C10H22N2. The van der Waals surface area contributed by atoms with Crippen LogP contribution in [0.2, 0.25) is 0 Å². The van der Waals surface area contributed by atoms with Crippen molar-refractivity contribution in [2.24, 2.45) is 0 Å². The molecule has 2 heteroatoms. The van der Waals surface area contributed by atoms with E-state index in [1.165, 1.54) is 19.6 Å². The molecule has 0 bridgehead atoms. The fourth-order valence-electron chi connectivity index (χ4n) is 1.54. The molecule has 0 aromatic carbocycles. The molecule has 1 saturated heterocycles. The van der Waals surface area contributed by atoms with Crippen molar-refractivity contribution in [3.63, 3.8) is 0 Å². The van der Waals surface area contributed by atoms with E-state index in [4.69, 9.17) is 0 Å². The van der Waals surface area contributed by atoms with Gasteiger partial charge in [0.25, 0.3) is 0 Å². The van der Waals surface area contributed by atoms with Gasteiger partial charge in [-0.15, -0.1) is 0 Å². The molecule has 0 aromatic heterocycles. The molecule has 0 aromatic rings. The van der Waals surface area contributed by atoms with E-state index in [-0.39, 0.29) is 0 Å². The van der Waals surface area contributed by atoms with Crippen LogP contribution in [0.15, 0.2) is 0 Å². The van der Waals surface area contributed by atoms with E-state index < -0.39 is 0 Å². The predicted octanol–water partition coefficient (Wildman–Crippen LogP) is 1.42. The molecular weight excluding hydrogens is 148 g/mol. The second kappa shape index (κ2) is 3.35. The van der Waals surface area contributed by atoms with Gasteiger partial charge in [-0.1, -0.05) is 6.92 Å². The number of likely N-dealkylation sites (N-methyl/N-ethyl adjacent to an activating group) is 1. The van der Waals surface area contributed by atoms with E-state index in [0.717, 1.165) is 6.04 Å². The van der Waals surface area contributed by atoms with Crippen LogP contribution >= 0.6 is 0 Å². The first-order chi connectivity index (χ1) is 5.45. The van der Waals surface area contributed by atoms with Gasteiger partial charge in [0, 0.05) is 24.7 Å². The van der Waals surface area contributed by atoms with Crippen molar-refractivity contribution in [2.45, 2.75) is 39.3 Å². The highest BCUT2D eigenvalue weighted by Gasteiger charge is 2.35. The maximum atomic E-state index is 2.53. The largest absolute Gasteiger partial charge is 0.301 e. The van der Waals surface area contributed by atoms with Gasteiger partial charge in [0.15, 0.2) is 0 Å². The van der Waals surface area contributed by atoms with Crippen LogP contribution in [0.4, 0.5) is 0 Å². The average Bonchev–Trinajstić information content (AvgIpc) is 1.80. The van der Waals surface area contributed by atoms with E-state index >= 15 is 0 Å². The van der Waals surface area contributed by atoms with Crippen molar-refractivity contribution in [3.05, 3.63) is 0 Å². The molecule has 1 aliphatic rings. The SMILES string of the molecule is CCN(C)C1CN(C(C)(C)C)C1. The first-order valence-electron chi connectivity index (χ1n) is 4.90. The van der Waals surface area contributed by atoms with E-state index in [1.54, 1.807) is 0 Å². The van der Waals surface area contributed by atoms with Crippen LogP contribution in [-0.4, -0.2) is 48.1 Å². The van der Waals surface area contributed by atoms with Crippen molar-refractivity contribution in [1.29, 1.82) is 0 Å². The summed E-state index contributed by atoms with van der Waals surface area (Å²) in [4.78, 5) is 4.96. The minimum absolute atomic E-state index is 0.366. The Labute approximate surface area is 76.5 Å². The maximum absolute atomic E-state index is 2.53. The van der Waals surface area contributed by atoms with Crippen LogP contribution in [0.1, 0.15) is 27.7 Å². The number of rotatable bonds is 2. The molecule has 2 nitrogen and oxygen atoms in total. The van der Waals surface area contributed by atoms with Crippen LogP contribution < -0.4 is 0 Å². The second-order valence-electron chi connectivity index (χ2n) is 4.80. The maximum Gasteiger partial charge on any atom is 0.0347 e. The zero-order valence-corrected chi connectivity index (χ0v) is 9.09. The molecule has 12 heavy (non-hydrogen) atoms. The van der Waals surface area contributed by atoms with Crippen LogP contribution in [0.25, 0.3) is 0 Å². The molecule has 1 heterocycles. The Hall–Kier alpha value is -0.0800. The zero-order chi connectivity index (χ0) is 9.35. The normalized spacial score (nSPS) is 21.5. The van der Waals surface area contributed by atoms with Gasteiger partial charge in [0.05, 0.1) is 0 Å². The molecule has 72 valence electrons. The molecule has 0 radical (unpaired) electrons. The molecule has 0 saturated carbocycles. The van der Waals surface area contributed by atoms with Gasteiger partial charge in [-0.05, 0) is 34.4 Å². The van der Waals surface area contributed by atoms with E-state index in [1.807, 2.05) is 0 Å². The average molecular weight is 170 g/mol. The van der Waals surface area contributed by atoms with E-state index in [9.17, 15) is 0 Å². The second-order valence-corrected chi connectivity index (χ2v) is 4.80. The number of hydrogen-bond acceptors (Lipinski definition) is 2. The minimum atomic E-state index is 0.366. The molecule has 0 atom stereocenters. The standard InChI is InChI=1S/C10H22N2/c1-6-11(5)9-7-12(8-9)10(2,3)4/h9H,6-8H2,1-5H3. The lowest BCUT2D eigenvalue weighted by Gasteiger charge is -2.50. The summed E-state index contributed by atoms with van der Waals surface area (Å²) in [5.41, 5.74) is 0.366. The fourth-order valence-corrected chi connectivity index (χ4v) is 1.54. The zero-order valence-electron chi connectivity index (χ0n) is 9.09. The van der Waals surface area contributed by atoms with Crippen molar-refractivity contribution in [3.8, 4) is 0 Å². The van der Waals surface area contributed by atoms with Crippen LogP contribution in [0.5, 0.6) is 0 Å². The Morgan fingerprint density at radius 2 is 1.83 bits per heavy atom. The predicted molar refractivity (Wildman–Crippen MR) is 53.4 cm³/mol. The third kappa shape index (κ3) is 1.99. The highest BCUT2D eigenvalue weighted by atomic mass is 15.3. The highest BCUT2D eigenvalue weighted by Crippen LogP contribution is 2.23. The van der Waals surface area contributed by atoms with Crippen molar-refractivity contribution < 1.29 is 0 Å². The monoisotopic (exact) mass is 170 g/mol. The van der Waals surface area contributed by atoms with Gasteiger partial charge >= 0.3 is 0 Å². The van der Waals surface area contributed by atoms with Gasteiger partial charge in [-0.25, -0.2) is 0 Å². The highest BCUT2D eigenvalue weighted by molar-refractivity contribution is 4.92. The Morgan fingerprint density at radius 3 is 2.17 bits per heavy atom. The van der Waals surface area contributed by atoms with Gasteiger partial charge in [-0.2, -0.15) is 0 Å². The molecule has 0 spiro atoms. The van der Waals surface area contributed by atoms with Crippen LogP contribution in [0, 0.1) is 0 Å². The van der Waals surface area contributed by atoms with Crippen LogP contribution in [0.3, 0.4) is 0 Å². The molecule has 0 unspecified atom stereocenters. The Bertz CT molecular complexity index is 142. The van der Waals surface area contributed by atoms with Gasteiger partial charge < -0.3 is 4.90 Å². The minimum Gasteiger partial charge on any atom is -0.301 e. The Kier molecular flexibility index (Phi) is 2.79. The summed E-state index contributed by atoms with van der Waals surface area (Å²) in [6.07, 6.45) is 0. The summed E-state index contributed by atoms with van der Waals surface area (Å²) in [5, 5.41) is 0. The molecule has 0 amide bonds. The summed E-state index contributed by atoms with van der Waals surface area (Å²) in [7, 11) is 2.21. The van der Waals surface area contributed by atoms with Gasteiger partial charge in [0.1, 0.15) is 0 Å². The quantitative estimate of drug-likeness (QED) is 0.618. The van der Waals surface area contributed by atoms with Gasteiger partial charge in [0.2, 0.25) is 0 Å². The van der Waals surface area contributed by atoms with E-state index in [0.29, 0.717) is 5.54 Å². The smallest absolute Gasteiger partial charge is 0.0347 e. The summed E-state index contributed by atoms with van der Waals surface area (Å²) in [6.45, 7) is 12.7. The van der Waals surface area contributed by atoms with Crippen molar-refractivity contribution in [2.75, 3.05) is 26.7 Å². The summed E-state index contributed by atoms with van der Waals surface area (Å²) < 4.78 is 0. The first kappa shape index (κ1) is 10.0. The molecule has 0 aliphatic carbocycles. The Balaban J connectivity index is 2.29. The molecule has 1 aliphatic heterocycles. The molecule has 1 rings (SSSR count). The third-order valence-corrected chi connectivity index (χ3v) is 2.93. The van der Waals surface area contributed by atoms with Gasteiger partial charge in [-0.3, -0.25) is 4.90 Å². The number of nitrogens with zero attached hydrogens (tertiary/aromatic N) is 2.